The van der Waals surface area contributed by atoms with Crippen LogP contribution in [0, 0.1) is 11.6 Å². The number of nitrogens with zero attached hydrogens (tertiary/aromatic N) is 2. The van der Waals surface area contributed by atoms with Crippen LogP contribution >= 0.6 is 11.8 Å². The van der Waals surface area contributed by atoms with E-state index in [1.54, 1.807) is 6.20 Å². The Morgan fingerprint density at radius 1 is 1.05 bits per heavy atom. The molecule has 0 saturated carbocycles. The van der Waals surface area contributed by atoms with Crippen LogP contribution in [0.1, 0.15) is 0 Å². The molecule has 100 valence electrons. The van der Waals surface area contributed by atoms with Crippen molar-refractivity contribution in [3.05, 3.63) is 54.2 Å². The molecule has 0 atom stereocenters. The summed E-state index contributed by atoms with van der Waals surface area (Å²) < 4.78 is 27.4. The van der Waals surface area contributed by atoms with E-state index in [1.807, 2.05) is 24.3 Å². The number of nitrogen functional groups attached to an aromatic ring is 1. The number of halogens is 2. The zero-order chi connectivity index (χ0) is 14.1. The fourth-order valence-electron chi connectivity index (χ4n) is 1.77. The zero-order valence-corrected chi connectivity index (χ0v) is 11.0. The maximum absolute atomic E-state index is 13.7. The van der Waals surface area contributed by atoms with Crippen molar-refractivity contribution in [1.82, 2.24) is 9.97 Å². The van der Waals surface area contributed by atoms with Gasteiger partial charge < -0.3 is 5.73 Å². The van der Waals surface area contributed by atoms with E-state index in [9.17, 15) is 8.78 Å². The van der Waals surface area contributed by atoms with Crippen LogP contribution in [-0.2, 0) is 0 Å². The van der Waals surface area contributed by atoms with Crippen molar-refractivity contribution in [2.24, 2.45) is 0 Å². The normalized spacial score (nSPS) is 10.9. The van der Waals surface area contributed by atoms with Crippen molar-refractivity contribution < 1.29 is 8.78 Å². The standard InChI is InChI=1S/C14H9F2N3S/c15-10-5-9(17)6-11(16)13(10)20-14-18-7-8-3-1-2-4-12(8)19-14/h1-7H,17H2. The molecule has 2 aromatic carbocycles. The second-order valence-corrected chi connectivity index (χ2v) is 5.10. The molecule has 0 radical (unpaired) electrons. The first-order valence-corrected chi connectivity index (χ1v) is 6.59. The summed E-state index contributed by atoms with van der Waals surface area (Å²) in [5, 5.41) is 1.15. The van der Waals surface area contributed by atoms with E-state index in [2.05, 4.69) is 9.97 Å². The SMILES string of the molecule is Nc1cc(F)c(Sc2ncc3ccccc3n2)c(F)c1. The molecule has 0 aliphatic rings. The molecule has 0 unspecified atom stereocenters. The number of hydrogen-bond acceptors (Lipinski definition) is 4. The van der Waals surface area contributed by atoms with Gasteiger partial charge in [-0.15, -0.1) is 0 Å². The predicted molar refractivity (Wildman–Crippen MR) is 74.4 cm³/mol. The van der Waals surface area contributed by atoms with Crippen molar-refractivity contribution in [2.45, 2.75) is 10.1 Å². The maximum atomic E-state index is 13.7. The number of aromatic nitrogens is 2. The number of benzene rings is 2. The van der Waals surface area contributed by atoms with E-state index in [0.29, 0.717) is 0 Å². The molecule has 6 heteroatoms. The highest BCUT2D eigenvalue weighted by Crippen LogP contribution is 2.31. The lowest BCUT2D eigenvalue weighted by molar-refractivity contribution is 0.541. The van der Waals surface area contributed by atoms with Gasteiger partial charge in [0.1, 0.15) is 11.6 Å². The average Bonchev–Trinajstić information content (AvgIpc) is 2.42. The Bertz CT molecular complexity index is 769. The molecule has 2 N–H and O–H groups in total. The summed E-state index contributed by atoms with van der Waals surface area (Å²) in [4.78, 5) is 8.20. The molecule has 0 spiro atoms. The summed E-state index contributed by atoms with van der Waals surface area (Å²) in [5.74, 6) is -1.44. The number of rotatable bonds is 2. The van der Waals surface area contributed by atoms with Gasteiger partial charge in [-0.05, 0) is 30.0 Å². The summed E-state index contributed by atoms with van der Waals surface area (Å²) in [7, 11) is 0. The highest BCUT2D eigenvalue weighted by molar-refractivity contribution is 7.99. The van der Waals surface area contributed by atoms with Gasteiger partial charge in [0.25, 0.3) is 0 Å². The Balaban J connectivity index is 2.01. The topological polar surface area (TPSA) is 51.8 Å². The van der Waals surface area contributed by atoms with E-state index in [-0.39, 0.29) is 15.7 Å². The molecular weight excluding hydrogens is 280 g/mol. The molecule has 0 aliphatic carbocycles. The molecule has 20 heavy (non-hydrogen) atoms. The molecule has 0 fully saturated rings. The third-order valence-electron chi connectivity index (χ3n) is 2.68. The maximum Gasteiger partial charge on any atom is 0.193 e. The molecule has 0 bridgehead atoms. The quantitative estimate of drug-likeness (QED) is 0.578. The Morgan fingerprint density at radius 3 is 2.50 bits per heavy atom. The van der Waals surface area contributed by atoms with Crippen LogP contribution in [0.3, 0.4) is 0 Å². The predicted octanol–water partition coefficient (Wildman–Crippen LogP) is 3.64. The lowest BCUT2D eigenvalue weighted by Crippen LogP contribution is -1.94. The van der Waals surface area contributed by atoms with Gasteiger partial charge in [0.2, 0.25) is 0 Å². The third kappa shape index (κ3) is 2.42. The second kappa shape index (κ2) is 5.05. The molecule has 1 aromatic heterocycles. The van der Waals surface area contributed by atoms with Crippen LogP contribution in [0.15, 0.2) is 52.6 Å². The van der Waals surface area contributed by atoms with Gasteiger partial charge in [-0.2, -0.15) is 0 Å². The van der Waals surface area contributed by atoms with Crippen LogP contribution in [-0.4, -0.2) is 9.97 Å². The average molecular weight is 289 g/mol. The molecule has 3 aromatic rings. The largest absolute Gasteiger partial charge is 0.399 e. The van der Waals surface area contributed by atoms with Crippen LogP contribution in [0.5, 0.6) is 0 Å². The Labute approximate surface area is 117 Å². The van der Waals surface area contributed by atoms with E-state index in [1.165, 1.54) is 0 Å². The van der Waals surface area contributed by atoms with E-state index >= 15 is 0 Å². The molecule has 3 nitrogen and oxygen atoms in total. The number of nitrogens with two attached hydrogens (primary N) is 1. The molecular formula is C14H9F2N3S. The monoisotopic (exact) mass is 289 g/mol. The summed E-state index contributed by atoms with van der Waals surface area (Å²) in [6.07, 6.45) is 1.62. The first-order chi connectivity index (χ1) is 9.63. The van der Waals surface area contributed by atoms with Crippen molar-refractivity contribution in [1.29, 1.82) is 0 Å². The fourth-order valence-corrected chi connectivity index (χ4v) is 2.52. The minimum atomic E-state index is -0.718. The van der Waals surface area contributed by atoms with Crippen LogP contribution in [0.4, 0.5) is 14.5 Å². The number of anilines is 1. The van der Waals surface area contributed by atoms with Crippen molar-refractivity contribution in [3.8, 4) is 0 Å². The van der Waals surface area contributed by atoms with Crippen LogP contribution < -0.4 is 5.73 Å². The van der Waals surface area contributed by atoms with Crippen molar-refractivity contribution in [2.75, 3.05) is 5.73 Å². The number of hydrogen-bond donors (Lipinski definition) is 1. The zero-order valence-electron chi connectivity index (χ0n) is 10.2. The summed E-state index contributed by atoms with van der Waals surface area (Å²) in [6.45, 7) is 0. The molecule has 0 aliphatic heterocycles. The first kappa shape index (κ1) is 12.8. The molecule has 3 rings (SSSR count). The number of fused-ring (bicyclic) bond motifs is 1. The summed E-state index contributed by atoms with van der Waals surface area (Å²) in [6, 6.07) is 9.55. The molecule has 0 saturated heterocycles. The van der Waals surface area contributed by atoms with Crippen molar-refractivity contribution >= 4 is 28.4 Å². The Kier molecular flexibility index (Phi) is 3.23. The lowest BCUT2D eigenvalue weighted by Gasteiger charge is -2.05. The minimum absolute atomic E-state index is 0.0452. The van der Waals surface area contributed by atoms with Crippen LogP contribution in [0.2, 0.25) is 0 Å². The van der Waals surface area contributed by atoms with Crippen molar-refractivity contribution in [3.63, 3.8) is 0 Å². The van der Waals surface area contributed by atoms with Gasteiger partial charge in [0, 0.05) is 17.3 Å². The first-order valence-electron chi connectivity index (χ1n) is 5.77. The fraction of sp³-hybridized carbons (Fsp3) is 0. The van der Waals surface area contributed by atoms with Gasteiger partial charge in [-0.3, -0.25) is 0 Å². The number of para-hydroxylation sites is 1. The highest BCUT2D eigenvalue weighted by atomic mass is 32.2. The van der Waals surface area contributed by atoms with E-state index < -0.39 is 11.6 Å². The summed E-state index contributed by atoms with van der Waals surface area (Å²) in [5.41, 5.74) is 6.14. The van der Waals surface area contributed by atoms with Gasteiger partial charge >= 0.3 is 0 Å². The highest BCUT2D eigenvalue weighted by Gasteiger charge is 2.13. The molecule has 1 heterocycles. The second-order valence-electron chi connectivity index (χ2n) is 4.13. The van der Waals surface area contributed by atoms with Gasteiger partial charge in [-0.1, -0.05) is 18.2 Å². The van der Waals surface area contributed by atoms with Gasteiger partial charge in [-0.25, -0.2) is 18.7 Å². The van der Waals surface area contributed by atoms with E-state index in [0.717, 1.165) is 34.8 Å². The van der Waals surface area contributed by atoms with Gasteiger partial charge in [0.15, 0.2) is 5.16 Å². The Hall–Kier alpha value is -2.21. The summed E-state index contributed by atoms with van der Waals surface area (Å²) >= 11 is 0.837. The minimum Gasteiger partial charge on any atom is -0.399 e. The third-order valence-corrected chi connectivity index (χ3v) is 3.65. The van der Waals surface area contributed by atoms with Gasteiger partial charge in [0.05, 0.1) is 10.4 Å². The lowest BCUT2D eigenvalue weighted by atomic mass is 10.2. The van der Waals surface area contributed by atoms with Crippen LogP contribution in [0.25, 0.3) is 10.9 Å². The van der Waals surface area contributed by atoms with E-state index in [4.69, 9.17) is 5.73 Å². The smallest absolute Gasteiger partial charge is 0.193 e. The Morgan fingerprint density at radius 2 is 1.75 bits per heavy atom. The molecule has 0 amide bonds.